The van der Waals surface area contributed by atoms with Gasteiger partial charge in [-0.05, 0) is 24.1 Å². The van der Waals surface area contributed by atoms with Gasteiger partial charge in [-0.3, -0.25) is 0 Å². The lowest BCUT2D eigenvalue weighted by molar-refractivity contribution is -0.132. The molecule has 19 heavy (non-hydrogen) atoms. The molecule has 0 bridgehead atoms. The van der Waals surface area contributed by atoms with Crippen LogP contribution >= 0.6 is 0 Å². The first-order valence-corrected chi connectivity index (χ1v) is 6.22. The molecule has 0 aromatic heterocycles. The summed E-state index contributed by atoms with van der Waals surface area (Å²) in [7, 11) is 0. The van der Waals surface area contributed by atoms with Gasteiger partial charge in [0.05, 0.1) is 0 Å². The van der Waals surface area contributed by atoms with Crippen LogP contribution in [-0.4, -0.2) is 24.4 Å². The van der Waals surface area contributed by atoms with Crippen molar-refractivity contribution in [3.63, 3.8) is 0 Å². The highest BCUT2D eigenvalue weighted by Gasteiger charge is 2.12. The van der Waals surface area contributed by atoms with Crippen molar-refractivity contribution in [2.24, 2.45) is 0 Å². The van der Waals surface area contributed by atoms with E-state index in [1.54, 1.807) is 6.08 Å². The molecule has 1 aromatic rings. The van der Waals surface area contributed by atoms with Gasteiger partial charge in [0.25, 0.3) is 0 Å². The van der Waals surface area contributed by atoms with Crippen LogP contribution in [0.1, 0.15) is 18.9 Å². The number of carbonyl (C=O) groups is 1. The fourth-order valence-corrected chi connectivity index (χ4v) is 1.85. The largest absolute Gasteiger partial charge is 0.478 e. The number of rotatable bonds is 6. The number of carboxylic acid groups (broad SMARTS) is 1. The van der Waals surface area contributed by atoms with E-state index in [0.717, 1.165) is 17.1 Å². The van der Waals surface area contributed by atoms with E-state index in [1.807, 2.05) is 25.1 Å². The zero-order chi connectivity index (χ0) is 13.7. The van der Waals surface area contributed by atoms with Crippen molar-refractivity contribution in [2.75, 3.05) is 13.3 Å². The predicted octanol–water partition coefficient (Wildman–Crippen LogP) is 1.93. The van der Waals surface area contributed by atoms with Crippen molar-refractivity contribution >= 4 is 5.97 Å². The molecular formula is C14H17NO4. The van der Waals surface area contributed by atoms with Gasteiger partial charge in [-0.2, -0.15) is 0 Å². The normalized spacial score (nSPS) is 13.6. The Hall–Kier alpha value is -2.01. The summed E-state index contributed by atoms with van der Waals surface area (Å²) in [6.45, 7) is 3.29. The molecule has 0 amide bonds. The lowest BCUT2D eigenvalue weighted by atomic mass is 10.2. The molecule has 0 unspecified atom stereocenters. The third-order valence-electron chi connectivity index (χ3n) is 2.91. The Morgan fingerprint density at radius 3 is 2.95 bits per heavy atom. The quantitative estimate of drug-likeness (QED) is 0.606. The van der Waals surface area contributed by atoms with E-state index < -0.39 is 5.97 Å². The molecule has 0 atom stereocenters. The molecule has 1 aliphatic rings. The van der Waals surface area contributed by atoms with Crippen molar-refractivity contribution in [3.05, 3.63) is 35.4 Å². The van der Waals surface area contributed by atoms with Crippen molar-refractivity contribution in [1.29, 1.82) is 0 Å². The van der Waals surface area contributed by atoms with Crippen LogP contribution in [-0.2, 0) is 11.3 Å². The first kappa shape index (κ1) is 13.4. The summed E-state index contributed by atoms with van der Waals surface area (Å²) in [5.74, 6) is 0.671. The minimum atomic E-state index is -0.854. The molecule has 0 radical (unpaired) electrons. The molecule has 5 nitrogen and oxygen atoms in total. The fraction of sp³-hybridized carbons (Fsp3) is 0.357. The average molecular weight is 263 g/mol. The first-order chi connectivity index (χ1) is 9.20. The van der Waals surface area contributed by atoms with Gasteiger partial charge in [0.15, 0.2) is 11.5 Å². The maximum Gasteiger partial charge on any atom is 0.331 e. The van der Waals surface area contributed by atoms with Gasteiger partial charge < -0.3 is 19.9 Å². The standard InChI is InChI=1S/C14H17NO4/c1-2-11(14(16)17)5-6-15-8-10-3-4-12-13(7-10)19-9-18-12/h3-5,7,15H,2,6,8-9H2,1H3,(H,16,17)/b11-5-. The average Bonchev–Trinajstić information content (AvgIpc) is 2.85. The summed E-state index contributed by atoms with van der Waals surface area (Å²) in [5.41, 5.74) is 1.50. The van der Waals surface area contributed by atoms with Crippen LogP contribution in [0.4, 0.5) is 0 Å². The van der Waals surface area contributed by atoms with Crippen LogP contribution < -0.4 is 14.8 Å². The smallest absolute Gasteiger partial charge is 0.331 e. The number of hydrogen-bond acceptors (Lipinski definition) is 4. The van der Waals surface area contributed by atoms with Crippen LogP contribution in [0.2, 0.25) is 0 Å². The SMILES string of the molecule is CC/C(=C/CNCc1ccc2c(c1)OCO2)C(=O)O. The zero-order valence-electron chi connectivity index (χ0n) is 10.8. The van der Waals surface area contributed by atoms with Gasteiger partial charge in [0.1, 0.15) is 0 Å². The molecule has 102 valence electrons. The Kier molecular flexibility index (Phi) is 4.41. The molecule has 5 heteroatoms. The Morgan fingerprint density at radius 2 is 2.21 bits per heavy atom. The number of fused-ring (bicyclic) bond motifs is 1. The summed E-state index contributed by atoms with van der Waals surface area (Å²) in [6, 6.07) is 5.77. The predicted molar refractivity (Wildman–Crippen MR) is 70.3 cm³/mol. The van der Waals surface area contributed by atoms with Gasteiger partial charge in [-0.1, -0.05) is 19.1 Å². The number of benzene rings is 1. The minimum Gasteiger partial charge on any atom is -0.478 e. The summed E-state index contributed by atoms with van der Waals surface area (Å²) >= 11 is 0. The molecule has 2 N–H and O–H groups in total. The molecule has 1 aromatic carbocycles. The summed E-state index contributed by atoms with van der Waals surface area (Å²) in [4.78, 5) is 10.8. The van der Waals surface area contributed by atoms with Crippen molar-refractivity contribution in [3.8, 4) is 11.5 Å². The number of aliphatic carboxylic acids is 1. The molecule has 0 saturated heterocycles. The summed E-state index contributed by atoms with van der Waals surface area (Å²) in [6.07, 6.45) is 2.23. The molecule has 0 fully saturated rings. The number of hydrogen-bond donors (Lipinski definition) is 2. The van der Waals surface area contributed by atoms with Crippen LogP contribution in [0.5, 0.6) is 11.5 Å². The van der Waals surface area contributed by atoms with Gasteiger partial charge in [0.2, 0.25) is 6.79 Å². The molecule has 0 saturated carbocycles. The Balaban J connectivity index is 1.84. The van der Waals surface area contributed by atoms with Crippen LogP contribution in [0.3, 0.4) is 0 Å². The van der Waals surface area contributed by atoms with E-state index in [2.05, 4.69) is 5.32 Å². The summed E-state index contributed by atoms with van der Waals surface area (Å²) < 4.78 is 10.5. The maximum absolute atomic E-state index is 10.8. The van der Waals surface area contributed by atoms with Crippen LogP contribution in [0.25, 0.3) is 0 Å². The van der Waals surface area contributed by atoms with E-state index in [-0.39, 0.29) is 6.79 Å². The van der Waals surface area contributed by atoms with Gasteiger partial charge in [0, 0.05) is 18.7 Å². The molecule has 2 rings (SSSR count). The summed E-state index contributed by atoms with van der Waals surface area (Å²) in [5, 5.41) is 12.0. The van der Waals surface area contributed by atoms with E-state index in [4.69, 9.17) is 14.6 Å². The van der Waals surface area contributed by atoms with E-state index in [9.17, 15) is 4.79 Å². The highest BCUT2D eigenvalue weighted by Crippen LogP contribution is 2.32. The minimum absolute atomic E-state index is 0.271. The Morgan fingerprint density at radius 1 is 1.42 bits per heavy atom. The highest BCUT2D eigenvalue weighted by atomic mass is 16.7. The first-order valence-electron chi connectivity index (χ1n) is 6.22. The van der Waals surface area contributed by atoms with Crippen LogP contribution in [0, 0.1) is 0 Å². The molecule has 1 aliphatic heterocycles. The topological polar surface area (TPSA) is 67.8 Å². The molecular weight excluding hydrogens is 246 g/mol. The van der Waals surface area contributed by atoms with Crippen molar-refractivity contribution in [2.45, 2.75) is 19.9 Å². The molecule has 1 heterocycles. The van der Waals surface area contributed by atoms with Crippen molar-refractivity contribution < 1.29 is 19.4 Å². The van der Waals surface area contributed by atoms with E-state index in [0.29, 0.717) is 25.1 Å². The van der Waals surface area contributed by atoms with Gasteiger partial charge >= 0.3 is 5.97 Å². The Bertz CT molecular complexity index is 496. The third-order valence-corrected chi connectivity index (χ3v) is 2.91. The second-order valence-electron chi connectivity index (χ2n) is 4.21. The monoisotopic (exact) mass is 263 g/mol. The second kappa shape index (κ2) is 6.24. The lowest BCUT2D eigenvalue weighted by Gasteiger charge is -2.04. The molecule has 0 spiro atoms. The van der Waals surface area contributed by atoms with Crippen LogP contribution in [0.15, 0.2) is 29.8 Å². The maximum atomic E-state index is 10.8. The van der Waals surface area contributed by atoms with Gasteiger partial charge in [-0.15, -0.1) is 0 Å². The highest BCUT2D eigenvalue weighted by molar-refractivity contribution is 5.86. The fourth-order valence-electron chi connectivity index (χ4n) is 1.85. The second-order valence-corrected chi connectivity index (χ2v) is 4.21. The number of ether oxygens (including phenoxy) is 2. The lowest BCUT2D eigenvalue weighted by Crippen LogP contribution is -2.14. The Labute approximate surface area is 111 Å². The molecule has 0 aliphatic carbocycles. The number of carboxylic acids is 1. The zero-order valence-corrected chi connectivity index (χ0v) is 10.8. The van der Waals surface area contributed by atoms with E-state index >= 15 is 0 Å². The van der Waals surface area contributed by atoms with E-state index in [1.165, 1.54) is 0 Å². The third kappa shape index (κ3) is 3.48. The number of nitrogens with one attached hydrogen (secondary N) is 1. The van der Waals surface area contributed by atoms with Crippen molar-refractivity contribution in [1.82, 2.24) is 5.32 Å². The van der Waals surface area contributed by atoms with Gasteiger partial charge in [-0.25, -0.2) is 4.79 Å².